The number of rotatable bonds is 2. The summed E-state index contributed by atoms with van der Waals surface area (Å²) in [7, 11) is 0. The lowest BCUT2D eigenvalue weighted by atomic mass is 10.3. The lowest BCUT2D eigenvalue weighted by Gasteiger charge is -2.34. The zero-order valence-corrected chi connectivity index (χ0v) is 14.2. The molecule has 1 N–H and O–H groups in total. The van der Waals surface area contributed by atoms with Crippen LogP contribution in [0.1, 0.15) is 10.6 Å². The van der Waals surface area contributed by atoms with Crippen LogP contribution in [0, 0.1) is 0 Å². The van der Waals surface area contributed by atoms with Crippen LogP contribution in [0.3, 0.4) is 0 Å². The minimum Gasteiger partial charge on any atom is -0.459 e. The highest BCUT2D eigenvalue weighted by atomic mass is 32.1. The number of piperazine rings is 1. The first-order valence-electron chi connectivity index (χ1n) is 7.93. The number of furan rings is 1. The normalized spacial score (nSPS) is 14.7. The predicted molar refractivity (Wildman–Crippen MR) is 94.8 cm³/mol. The zero-order chi connectivity index (χ0) is 17.2. The average molecular weight is 356 g/mol. The minimum atomic E-state index is -0.158. The van der Waals surface area contributed by atoms with E-state index in [1.807, 2.05) is 18.2 Å². The Morgan fingerprint density at radius 1 is 1.12 bits per heavy atom. The van der Waals surface area contributed by atoms with Crippen LogP contribution in [-0.4, -0.2) is 52.9 Å². The topological polar surface area (TPSA) is 78.7 Å². The first-order chi connectivity index (χ1) is 12.2. The number of carbonyl (C=O) groups excluding carboxylic acids is 2. The molecule has 3 amide bonds. The number of amides is 3. The molecule has 128 valence electrons. The molecular formula is C17H16N4O3S. The molecule has 0 unspecified atom stereocenters. The molecule has 4 rings (SSSR count). The summed E-state index contributed by atoms with van der Waals surface area (Å²) < 4.78 is 6.18. The number of nitrogens with zero attached hydrogens (tertiary/aromatic N) is 3. The molecular weight excluding hydrogens is 340 g/mol. The largest absolute Gasteiger partial charge is 0.459 e. The highest BCUT2D eigenvalue weighted by Crippen LogP contribution is 2.22. The Kier molecular flexibility index (Phi) is 4.10. The minimum absolute atomic E-state index is 0.138. The Morgan fingerprint density at radius 3 is 2.68 bits per heavy atom. The SMILES string of the molecule is O=C(Nc1ccc2ncsc2c1)N1CCN(C(=O)c2ccco2)CC1. The molecule has 1 aliphatic rings. The Morgan fingerprint density at radius 2 is 1.92 bits per heavy atom. The maximum atomic E-state index is 12.4. The van der Waals surface area contributed by atoms with Gasteiger partial charge in [0.15, 0.2) is 5.76 Å². The monoisotopic (exact) mass is 356 g/mol. The van der Waals surface area contributed by atoms with E-state index in [4.69, 9.17) is 4.42 Å². The van der Waals surface area contributed by atoms with Crippen LogP contribution in [0.15, 0.2) is 46.5 Å². The van der Waals surface area contributed by atoms with Crippen molar-refractivity contribution in [3.8, 4) is 0 Å². The van der Waals surface area contributed by atoms with Gasteiger partial charge >= 0.3 is 6.03 Å². The summed E-state index contributed by atoms with van der Waals surface area (Å²) in [4.78, 5) is 32.3. The number of urea groups is 1. The smallest absolute Gasteiger partial charge is 0.321 e. The molecule has 3 heterocycles. The summed E-state index contributed by atoms with van der Waals surface area (Å²) in [6.45, 7) is 1.95. The number of thiazole rings is 1. The molecule has 0 saturated carbocycles. The second-order valence-electron chi connectivity index (χ2n) is 5.72. The standard InChI is InChI=1S/C17H16N4O3S/c22-16(14-2-1-9-24-14)20-5-7-21(8-6-20)17(23)19-12-3-4-13-15(10-12)25-11-18-13/h1-4,9-11H,5-8H2,(H,19,23). The fraction of sp³-hybridized carbons (Fsp3) is 0.235. The number of carbonyl (C=O) groups is 2. The molecule has 2 aromatic heterocycles. The van der Waals surface area contributed by atoms with E-state index < -0.39 is 0 Å². The van der Waals surface area contributed by atoms with Crippen LogP contribution >= 0.6 is 11.3 Å². The van der Waals surface area contributed by atoms with Crippen molar-refractivity contribution in [2.75, 3.05) is 31.5 Å². The highest BCUT2D eigenvalue weighted by molar-refractivity contribution is 7.16. The molecule has 0 bridgehead atoms. The predicted octanol–water partition coefficient (Wildman–Crippen LogP) is 2.88. The van der Waals surface area contributed by atoms with Crippen molar-refractivity contribution in [1.82, 2.24) is 14.8 Å². The molecule has 1 aliphatic heterocycles. The molecule has 0 spiro atoms. The summed E-state index contributed by atoms with van der Waals surface area (Å²) in [6.07, 6.45) is 1.48. The van der Waals surface area contributed by atoms with Gasteiger partial charge < -0.3 is 19.5 Å². The zero-order valence-electron chi connectivity index (χ0n) is 13.3. The Bertz CT molecular complexity index is 898. The number of nitrogens with one attached hydrogen (secondary N) is 1. The van der Waals surface area contributed by atoms with Gasteiger partial charge in [0.2, 0.25) is 0 Å². The maximum absolute atomic E-state index is 12.4. The maximum Gasteiger partial charge on any atom is 0.321 e. The lowest BCUT2D eigenvalue weighted by Crippen LogP contribution is -2.51. The van der Waals surface area contributed by atoms with Crippen molar-refractivity contribution in [1.29, 1.82) is 0 Å². The Hall–Kier alpha value is -2.87. The average Bonchev–Trinajstić information content (AvgIpc) is 3.32. The van der Waals surface area contributed by atoms with E-state index in [2.05, 4.69) is 10.3 Å². The number of benzene rings is 1. The Labute approximate surface area is 147 Å². The molecule has 25 heavy (non-hydrogen) atoms. The van der Waals surface area contributed by atoms with Gasteiger partial charge in [-0.25, -0.2) is 9.78 Å². The highest BCUT2D eigenvalue weighted by Gasteiger charge is 2.26. The summed E-state index contributed by atoms with van der Waals surface area (Å²) in [6, 6.07) is 8.84. The van der Waals surface area contributed by atoms with Crippen LogP contribution in [0.4, 0.5) is 10.5 Å². The first kappa shape index (κ1) is 15.6. The van der Waals surface area contributed by atoms with Crippen LogP contribution in [0.2, 0.25) is 0 Å². The van der Waals surface area contributed by atoms with E-state index in [1.165, 1.54) is 17.6 Å². The van der Waals surface area contributed by atoms with Crippen molar-refractivity contribution in [2.24, 2.45) is 0 Å². The van der Waals surface area contributed by atoms with Crippen molar-refractivity contribution in [3.05, 3.63) is 47.9 Å². The van der Waals surface area contributed by atoms with E-state index in [9.17, 15) is 9.59 Å². The van der Waals surface area contributed by atoms with Crippen LogP contribution in [0.25, 0.3) is 10.2 Å². The summed E-state index contributed by atoms with van der Waals surface area (Å²) in [5.74, 6) is 0.191. The molecule has 8 heteroatoms. The third kappa shape index (κ3) is 3.20. The van der Waals surface area contributed by atoms with Gasteiger partial charge in [0, 0.05) is 31.9 Å². The molecule has 3 aromatic rings. The summed E-state index contributed by atoms with van der Waals surface area (Å²) in [5.41, 5.74) is 3.45. The van der Waals surface area contributed by atoms with Gasteiger partial charge in [0.1, 0.15) is 0 Å². The van der Waals surface area contributed by atoms with Gasteiger partial charge in [0.25, 0.3) is 5.91 Å². The molecule has 7 nitrogen and oxygen atoms in total. The molecule has 1 fully saturated rings. The third-order valence-corrected chi connectivity index (χ3v) is 4.96. The van der Waals surface area contributed by atoms with Gasteiger partial charge in [-0.05, 0) is 30.3 Å². The fourth-order valence-electron chi connectivity index (χ4n) is 2.80. The fourth-order valence-corrected chi connectivity index (χ4v) is 3.52. The van der Waals surface area contributed by atoms with Crippen LogP contribution in [-0.2, 0) is 0 Å². The Balaban J connectivity index is 1.35. The number of hydrogen-bond acceptors (Lipinski definition) is 5. The summed E-state index contributed by atoms with van der Waals surface area (Å²) in [5, 5.41) is 2.91. The van der Waals surface area contributed by atoms with Gasteiger partial charge in [-0.1, -0.05) is 0 Å². The van der Waals surface area contributed by atoms with E-state index in [1.54, 1.807) is 27.4 Å². The van der Waals surface area contributed by atoms with E-state index >= 15 is 0 Å². The molecule has 0 atom stereocenters. The van der Waals surface area contributed by atoms with E-state index in [0.29, 0.717) is 31.9 Å². The number of hydrogen-bond donors (Lipinski definition) is 1. The summed E-state index contributed by atoms with van der Waals surface area (Å²) >= 11 is 1.54. The number of aromatic nitrogens is 1. The van der Waals surface area contributed by atoms with Crippen molar-refractivity contribution < 1.29 is 14.0 Å². The molecule has 1 saturated heterocycles. The van der Waals surface area contributed by atoms with Gasteiger partial charge in [0.05, 0.1) is 22.0 Å². The second-order valence-corrected chi connectivity index (χ2v) is 6.61. The van der Waals surface area contributed by atoms with E-state index in [0.717, 1.165) is 15.9 Å². The van der Waals surface area contributed by atoms with Crippen molar-refractivity contribution in [2.45, 2.75) is 0 Å². The number of fused-ring (bicyclic) bond motifs is 1. The van der Waals surface area contributed by atoms with Crippen molar-refractivity contribution in [3.63, 3.8) is 0 Å². The lowest BCUT2D eigenvalue weighted by molar-refractivity contribution is 0.0640. The van der Waals surface area contributed by atoms with Gasteiger partial charge in [-0.15, -0.1) is 11.3 Å². The van der Waals surface area contributed by atoms with Gasteiger partial charge in [-0.2, -0.15) is 0 Å². The molecule has 1 aromatic carbocycles. The van der Waals surface area contributed by atoms with Gasteiger partial charge in [-0.3, -0.25) is 4.79 Å². The second kappa shape index (κ2) is 6.56. The third-order valence-electron chi connectivity index (χ3n) is 4.17. The number of anilines is 1. The van der Waals surface area contributed by atoms with Crippen molar-refractivity contribution >= 4 is 39.2 Å². The van der Waals surface area contributed by atoms with Crippen LogP contribution in [0.5, 0.6) is 0 Å². The van der Waals surface area contributed by atoms with E-state index in [-0.39, 0.29) is 11.9 Å². The van der Waals surface area contributed by atoms with Crippen LogP contribution < -0.4 is 5.32 Å². The first-order valence-corrected chi connectivity index (χ1v) is 8.80. The quantitative estimate of drug-likeness (QED) is 0.766. The molecule has 0 aliphatic carbocycles. The molecule has 0 radical (unpaired) electrons.